The molecule has 2 N–H and O–H groups in total. The first-order valence-electron chi connectivity index (χ1n) is 7.01. The van der Waals surface area contributed by atoms with Gasteiger partial charge in [-0.3, -0.25) is 0 Å². The number of imidazole rings is 1. The monoisotopic (exact) mass is 282 g/mol. The summed E-state index contributed by atoms with van der Waals surface area (Å²) in [6, 6.07) is 8.07. The second kappa shape index (κ2) is 5.83. The highest BCUT2D eigenvalue weighted by atomic mass is 16.3. The molecule has 5 heteroatoms. The van der Waals surface area contributed by atoms with Crippen molar-refractivity contribution in [2.45, 2.75) is 25.8 Å². The fraction of sp³-hybridized carbons (Fsp3) is 0.250. The van der Waals surface area contributed by atoms with Gasteiger partial charge in [0.1, 0.15) is 11.6 Å². The number of aryl methyl sites for hydroxylation is 1. The maximum absolute atomic E-state index is 5.96. The van der Waals surface area contributed by atoms with Crippen molar-refractivity contribution >= 4 is 5.82 Å². The lowest BCUT2D eigenvalue weighted by Crippen LogP contribution is -2.07. The first-order valence-corrected chi connectivity index (χ1v) is 7.01. The van der Waals surface area contributed by atoms with E-state index in [4.69, 9.17) is 10.2 Å². The summed E-state index contributed by atoms with van der Waals surface area (Å²) in [7, 11) is 0. The fourth-order valence-electron chi connectivity index (χ4n) is 2.44. The van der Waals surface area contributed by atoms with Crippen LogP contribution in [0.3, 0.4) is 0 Å². The summed E-state index contributed by atoms with van der Waals surface area (Å²) in [6.07, 6.45) is 8.94. The van der Waals surface area contributed by atoms with E-state index in [-0.39, 0.29) is 0 Å². The van der Waals surface area contributed by atoms with Crippen LogP contribution in [-0.2, 0) is 6.42 Å². The third kappa shape index (κ3) is 2.81. The summed E-state index contributed by atoms with van der Waals surface area (Å²) >= 11 is 0. The molecule has 108 valence electrons. The van der Waals surface area contributed by atoms with Gasteiger partial charge in [-0.2, -0.15) is 0 Å². The van der Waals surface area contributed by atoms with Gasteiger partial charge in [-0.15, -0.1) is 0 Å². The second-order valence-electron chi connectivity index (χ2n) is 5.09. The van der Waals surface area contributed by atoms with Crippen molar-refractivity contribution in [2.75, 3.05) is 5.73 Å². The highest BCUT2D eigenvalue weighted by molar-refractivity contribution is 5.70. The number of pyridine rings is 1. The average Bonchev–Trinajstić information content (AvgIpc) is 3.16. The molecule has 5 nitrogen and oxygen atoms in total. The Bertz CT molecular complexity index is 703. The molecule has 0 saturated carbocycles. The average molecular weight is 282 g/mol. The fourth-order valence-corrected chi connectivity index (χ4v) is 2.44. The van der Waals surface area contributed by atoms with Gasteiger partial charge in [-0.1, -0.05) is 0 Å². The van der Waals surface area contributed by atoms with Crippen LogP contribution in [0.1, 0.15) is 25.1 Å². The molecule has 1 unspecified atom stereocenters. The molecule has 0 aliphatic rings. The van der Waals surface area contributed by atoms with E-state index in [9.17, 15) is 0 Å². The molecular weight excluding hydrogens is 264 g/mol. The summed E-state index contributed by atoms with van der Waals surface area (Å²) < 4.78 is 7.52. The molecule has 3 heterocycles. The minimum Gasteiger partial charge on any atom is -0.469 e. The molecule has 0 fully saturated rings. The maximum atomic E-state index is 5.96. The standard InChI is InChI=1S/C16H18N4O/c1-12(6-7-13-4-3-9-21-13)20-11-18-10-15(20)14-5-2-8-19-16(14)17/h2-5,8-12H,6-7H2,1H3,(H2,17,19). The quantitative estimate of drug-likeness (QED) is 0.779. The Balaban J connectivity index is 1.80. The summed E-state index contributed by atoms with van der Waals surface area (Å²) in [5.74, 6) is 1.53. The van der Waals surface area contributed by atoms with Gasteiger partial charge in [0.15, 0.2) is 0 Å². The van der Waals surface area contributed by atoms with E-state index in [2.05, 4.69) is 21.5 Å². The molecule has 3 aromatic rings. The van der Waals surface area contributed by atoms with Gasteiger partial charge in [0.25, 0.3) is 0 Å². The number of nitrogens with two attached hydrogens (primary N) is 1. The summed E-state index contributed by atoms with van der Waals surface area (Å²) in [5, 5.41) is 0. The number of nitrogen functional groups attached to an aromatic ring is 1. The van der Waals surface area contributed by atoms with Gasteiger partial charge in [0.05, 0.1) is 24.5 Å². The molecule has 1 atom stereocenters. The number of furan rings is 1. The van der Waals surface area contributed by atoms with Crippen molar-refractivity contribution in [1.82, 2.24) is 14.5 Å². The number of hydrogen-bond acceptors (Lipinski definition) is 4. The van der Waals surface area contributed by atoms with E-state index in [1.165, 1.54) is 0 Å². The second-order valence-corrected chi connectivity index (χ2v) is 5.09. The summed E-state index contributed by atoms with van der Waals surface area (Å²) in [6.45, 7) is 2.17. The van der Waals surface area contributed by atoms with Gasteiger partial charge in [-0.05, 0) is 37.6 Å². The van der Waals surface area contributed by atoms with Crippen LogP contribution in [0.2, 0.25) is 0 Å². The molecule has 0 bridgehead atoms. The van der Waals surface area contributed by atoms with Gasteiger partial charge in [0, 0.05) is 24.2 Å². The Morgan fingerprint density at radius 1 is 1.33 bits per heavy atom. The molecule has 0 amide bonds. The van der Waals surface area contributed by atoms with Crippen LogP contribution in [0.25, 0.3) is 11.3 Å². The zero-order valence-corrected chi connectivity index (χ0v) is 11.9. The van der Waals surface area contributed by atoms with E-state index in [1.54, 1.807) is 12.5 Å². The van der Waals surface area contributed by atoms with Crippen LogP contribution >= 0.6 is 0 Å². The highest BCUT2D eigenvalue weighted by Crippen LogP contribution is 2.27. The predicted molar refractivity (Wildman–Crippen MR) is 81.6 cm³/mol. The van der Waals surface area contributed by atoms with Crippen molar-refractivity contribution < 1.29 is 4.42 Å². The Morgan fingerprint density at radius 3 is 3.00 bits per heavy atom. The molecule has 3 aromatic heterocycles. The van der Waals surface area contributed by atoms with Crippen LogP contribution in [-0.4, -0.2) is 14.5 Å². The van der Waals surface area contributed by atoms with Crippen molar-refractivity contribution in [1.29, 1.82) is 0 Å². The van der Waals surface area contributed by atoms with Crippen molar-refractivity contribution in [3.8, 4) is 11.3 Å². The molecule has 0 radical (unpaired) electrons. The summed E-state index contributed by atoms with van der Waals surface area (Å²) in [5.41, 5.74) is 7.87. The van der Waals surface area contributed by atoms with Crippen LogP contribution in [0, 0.1) is 0 Å². The first kappa shape index (κ1) is 13.4. The Labute approximate surface area is 123 Å². The zero-order valence-electron chi connectivity index (χ0n) is 11.9. The van der Waals surface area contributed by atoms with Gasteiger partial charge in [-0.25, -0.2) is 9.97 Å². The molecule has 0 saturated heterocycles. The molecule has 0 spiro atoms. The van der Waals surface area contributed by atoms with E-state index >= 15 is 0 Å². The molecule has 0 aromatic carbocycles. The van der Waals surface area contributed by atoms with E-state index < -0.39 is 0 Å². The Hall–Kier alpha value is -2.56. The number of aromatic nitrogens is 3. The third-order valence-electron chi connectivity index (χ3n) is 3.64. The van der Waals surface area contributed by atoms with Crippen molar-refractivity contribution in [3.63, 3.8) is 0 Å². The van der Waals surface area contributed by atoms with Crippen LogP contribution < -0.4 is 5.73 Å². The van der Waals surface area contributed by atoms with Crippen LogP contribution in [0.5, 0.6) is 0 Å². The first-order chi connectivity index (χ1) is 10.3. The van der Waals surface area contributed by atoms with E-state index in [1.807, 2.05) is 36.8 Å². The molecule has 0 aliphatic heterocycles. The number of hydrogen-bond donors (Lipinski definition) is 1. The van der Waals surface area contributed by atoms with Gasteiger partial charge < -0.3 is 14.7 Å². The SMILES string of the molecule is CC(CCc1ccco1)n1cncc1-c1cccnc1N. The van der Waals surface area contributed by atoms with Crippen molar-refractivity contribution in [3.05, 3.63) is 55.0 Å². The number of nitrogens with zero attached hydrogens (tertiary/aromatic N) is 3. The van der Waals surface area contributed by atoms with Gasteiger partial charge in [0.2, 0.25) is 0 Å². The van der Waals surface area contributed by atoms with Crippen LogP contribution in [0.4, 0.5) is 5.82 Å². The minimum atomic E-state index is 0.298. The number of rotatable bonds is 5. The predicted octanol–water partition coefficient (Wildman–Crippen LogP) is 3.31. The zero-order chi connectivity index (χ0) is 14.7. The smallest absolute Gasteiger partial charge is 0.132 e. The number of anilines is 1. The molecule has 21 heavy (non-hydrogen) atoms. The third-order valence-corrected chi connectivity index (χ3v) is 3.64. The van der Waals surface area contributed by atoms with Gasteiger partial charge >= 0.3 is 0 Å². The molecular formula is C16H18N4O. The lowest BCUT2D eigenvalue weighted by atomic mass is 10.1. The lowest BCUT2D eigenvalue weighted by molar-refractivity contribution is 0.454. The van der Waals surface area contributed by atoms with E-state index in [0.717, 1.165) is 29.9 Å². The Morgan fingerprint density at radius 2 is 2.24 bits per heavy atom. The highest BCUT2D eigenvalue weighted by Gasteiger charge is 2.14. The lowest BCUT2D eigenvalue weighted by Gasteiger charge is -2.16. The maximum Gasteiger partial charge on any atom is 0.132 e. The normalized spacial score (nSPS) is 12.4. The largest absolute Gasteiger partial charge is 0.469 e. The van der Waals surface area contributed by atoms with Crippen LogP contribution in [0.15, 0.2) is 53.7 Å². The van der Waals surface area contributed by atoms with Crippen molar-refractivity contribution in [2.24, 2.45) is 0 Å². The van der Waals surface area contributed by atoms with E-state index in [0.29, 0.717) is 11.9 Å². The topological polar surface area (TPSA) is 69.9 Å². The minimum absolute atomic E-state index is 0.298. The molecule has 0 aliphatic carbocycles. The summed E-state index contributed by atoms with van der Waals surface area (Å²) in [4.78, 5) is 8.41. The molecule has 3 rings (SSSR count). The Kier molecular flexibility index (Phi) is 3.73.